The van der Waals surface area contributed by atoms with Gasteiger partial charge in [0.1, 0.15) is 11.6 Å². The van der Waals surface area contributed by atoms with Crippen molar-refractivity contribution in [2.45, 2.75) is 17.4 Å². The minimum Gasteiger partial charge on any atom is -0.283 e. The van der Waals surface area contributed by atoms with Crippen LogP contribution in [0, 0.1) is 11.6 Å². The first-order chi connectivity index (χ1) is 15.6. The molecule has 0 aliphatic carbocycles. The monoisotopic (exact) mass is 491 g/mol. The lowest BCUT2D eigenvalue weighted by atomic mass is 9.98. The van der Waals surface area contributed by atoms with Gasteiger partial charge in [0.2, 0.25) is 10.0 Å². The molecule has 0 radical (unpaired) electrons. The first-order valence-corrected chi connectivity index (χ1v) is 13.1. The predicted octanol–water partition coefficient (Wildman–Crippen LogP) is 3.88. The summed E-state index contributed by atoms with van der Waals surface area (Å²) in [5, 5.41) is 4.26. The van der Waals surface area contributed by atoms with Gasteiger partial charge in [-0.15, -0.1) is 0 Å². The third-order valence-electron chi connectivity index (χ3n) is 5.01. The number of hydrogen-bond donors (Lipinski definition) is 1. The minimum atomic E-state index is -4.36. The van der Waals surface area contributed by atoms with Crippen molar-refractivity contribution in [1.29, 1.82) is 0 Å². The van der Waals surface area contributed by atoms with Gasteiger partial charge in [-0.2, -0.15) is 17.9 Å². The number of nitrogens with one attached hydrogen (secondary N) is 1. The molecule has 0 amide bonds. The van der Waals surface area contributed by atoms with Crippen LogP contribution in [0.4, 0.5) is 14.5 Å². The fourth-order valence-electron chi connectivity index (χ4n) is 3.61. The van der Waals surface area contributed by atoms with Crippen LogP contribution in [-0.2, 0) is 20.0 Å². The summed E-state index contributed by atoms with van der Waals surface area (Å²) in [5.41, 5.74) is 0.872. The molecule has 172 valence electrons. The zero-order valence-electron chi connectivity index (χ0n) is 17.3. The molecule has 7 nitrogen and oxygen atoms in total. The summed E-state index contributed by atoms with van der Waals surface area (Å²) >= 11 is 0. The van der Waals surface area contributed by atoms with Crippen LogP contribution in [0.2, 0.25) is 0 Å². The largest absolute Gasteiger partial charge is 0.283 e. The molecule has 11 heteroatoms. The maximum absolute atomic E-state index is 14.7. The second-order valence-electron chi connectivity index (χ2n) is 7.44. The van der Waals surface area contributed by atoms with Crippen LogP contribution < -0.4 is 4.72 Å². The van der Waals surface area contributed by atoms with E-state index in [0.29, 0.717) is 5.56 Å². The van der Waals surface area contributed by atoms with Crippen molar-refractivity contribution in [1.82, 2.24) is 4.41 Å². The quantitative estimate of drug-likeness (QED) is 0.566. The van der Waals surface area contributed by atoms with Gasteiger partial charge in [0, 0.05) is 17.5 Å². The first-order valence-electron chi connectivity index (χ1n) is 9.75. The lowest BCUT2D eigenvalue weighted by Crippen LogP contribution is -2.28. The van der Waals surface area contributed by atoms with E-state index in [2.05, 4.69) is 9.82 Å². The number of hydrogen-bond acceptors (Lipinski definition) is 5. The average molecular weight is 492 g/mol. The molecule has 1 aliphatic rings. The molecule has 0 spiro atoms. The Hall–Kier alpha value is -3.31. The number of benzene rings is 3. The Kier molecular flexibility index (Phi) is 5.93. The standard InChI is InChI=1S/C22H19F2N3O4S2/c1-32(28,29)26-20-12-5-3-10-18(20)21-14-22(17-9-2-4-11-19(17)24)27(25-21)33(30,31)16-8-6-7-15(23)13-16/h2-13,22,26H,14H2,1H3/t22-/m1/s1. The number of rotatable bonds is 6. The van der Waals surface area contributed by atoms with E-state index in [9.17, 15) is 25.6 Å². The van der Waals surface area contributed by atoms with Crippen molar-refractivity contribution in [2.75, 3.05) is 11.0 Å². The summed E-state index contributed by atoms with van der Waals surface area (Å²) in [5.74, 6) is -1.37. The SMILES string of the molecule is CS(=O)(=O)Nc1ccccc1C1=NN(S(=O)(=O)c2cccc(F)c2)[C@@H](c2ccccc2F)C1. The summed E-state index contributed by atoms with van der Waals surface area (Å²) in [6.45, 7) is 0. The van der Waals surface area contributed by atoms with E-state index in [1.807, 2.05) is 0 Å². The topological polar surface area (TPSA) is 95.9 Å². The first kappa shape index (κ1) is 22.9. The highest BCUT2D eigenvalue weighted by Crippen LogP contribution is 2.39. The van der Waals surface area contributed by atoms with Gasteiger partial charge in [-0.3, -0.25) is 4.72 Å². The summed E-state index contributed by atoms with van der Waals surface area (Å²) in [6, 6.07) is 15.5. The molecule has 1 heterocycles. The Balaban J connectivity index is 1.86. The van der Waals surface area contributed by atoms with E-state index in [0.717, 1.165) is 22.8 Å². The lowest BCUT2D eigenvalue weighted by Gasteiger charge is -2.23. The Bertz CT molecular complexity index is 1460. The summed E-state index contributed by atoms with van der Waals surface area (Å²) in [6.07, 6.45) is 0.959. The van der Waals surface area contributed by atoms with Crippen LogP contribution in [0.3, 0.4) is 0 Å². The van der Waals surface area contributed by atoms with Gasteiger partial charge in [-0.25, -0.2) is 17.2 Å². The van der Waals surface area contributed by atoms with Crippen molar-refractivity contribution in [2.24, 2.45) is 5.10 Å². The van der Waals surface area contributed by atoms with Crippen LogP contribution in [0.15, 0.2) is 82.8 Å². The van der Waals surface area contributed by atoms with Crippen LogP contribution >= 0.6 is 0 Å². The van der Waals surface area contributed by atoms with Gasteiger partial charge < -0.3 is 0 Å². The molecule has 0 unspecified atom stereocenters. The van der Waals surface area contributed by atoms with Crippen molar-refractivity contribution in [3.05, 3.63) is 95.6 Å². The van der Waals surface area contributed by atoms with Crippen molar-refractivity contribution < 1.29 is 25.6 Å². The van der Waals surface area contributed by atoms with E-state index in [1.165, 1.54) is 36.4 Å². The molecule has 0 aromatic heterocycles. The lowest BCUT2D eigenvalue weighted by molar-refractivity contribution is 0.362. The highest BCUT2D eigenvalue weighted by Gasteiger charge is 2.39. The van der Waals surface area contributed by atoms with Gasteiger partial charge in [0.15, 0.2) is 0 Å². The Morgan fingerprint density at radius 1 is 0.939 bits per heavy atom. The zero-order chi connectivity index (χ0) is 23.8. The number of hydrazone groups is 1. The molecule has 0 bridgehead atoms. The molecule has 1 atom stereocenters. The molecular weight excluding hydrogens is 472 g/mol. The number of nitrogens with zero attached hydrogens (tertiary/aromatic N) is 2. The maximum atomic E-state index is 14.7. The zero-order valence-corrected chi connectivity index (χ0v) is 18.9. The third kappa shape index (κ3) is 4.74. The van der Waals surface area contributed by atoms with Crippen LogP contribution in [0.25, 0.3) is 0 Å². The summed E-state index contributed by atoms with van der Waals surface area (Å²) in [7, 11) is -7.99. The molecular formula is C22H19F2N3O4S2. The molecule has 4 rings (SSSR count). The molecule has 3 aromatic carbocycles. The average Bonchev–Trinajstić information content (AvgIpc) is 3.19. The Labute approximate surface area is 190 Å². The van der Waals surface area contributed by atoms with Gasteiger partial charge >= 0.3 is 0 Å². The highest BCUT2D eigenvalue weighted by molar-refractivity contribution is 7.92. The molecule has 1 N–H and O–H groups in total. The van der Waals surface area contributed by atoms with E-state index >= 15 is 0 Å². The van der Waals surface area contributed by atoms with Crippen molar-refractivity contribution in [3.8, 4) is 0 Å². The minimum absolute atomic E-state index is 0.0298. The van der Waals surface area contributed by atoms with Crippen molar-refractivity contribution >= 4 is 31.4 Å². The fourth-order valence-corrected chi connectivity index (χ4v) is 5.64. The van der Waals surface area contributed by atoms with Crippen molar-refractivity contribution in [3.63, 3.8) is 0 Å². The van der Waals surface area contributed by atoms with Crippen LogP contribution in [0.1, 0.15) is 23.6 Å². The van der Waals surface area contributed by atoms with E-state index in [4.69, 9.17) is 0 Å². The number of halogens is 2. The second-order valence-corrected chi connectivity index (χ2v) is 11.0. The molecule has 1 aliphatic heterocycles. The number of para-hydroxylation sites is 1. The predicted molar refractivity (Wildman–Crippen MR) is 121 cm³/mol. The van der Waals surface area contributed by atoms with E-state index in [-0.39, 0.29) is 28.3 Å². The van der Waals surface area contributed by atoms with Crippen LogP contribution in [-0.4, -0.2) is 33.2 Å². The third-order valence-corrected chi connectivity index (χ3v) is 7.28. The second kappa shape index (κ2) is 8.56. The molecule has 3 aromatic rings. The van der Waals surface area contributed by atoms with E-state index in [1.54, 1.807) is 24.3 Å². The Morgan fingerprint density at radius 2 is 1.64 bits per heavy atom. The van der Waals surface area contributed by atoms with E-state index < -0.39 is 37.7 Å². The van der Waals surface area contributed by atoms with Gasteiger partial charge in [0.25, 0.3) is 10.0 Å². The van der Waals surface area contributed by atoms with Gasteiger partial charge in [-0.05, 0) is 30.3 Å². The molecule has 0 fully saturated rings. The highest BCUT2D eigenvalue weighted by atomic mass is 32.2. The normalized spacial score (nSPS) is 16.5. The molecule has 0 saturated heterocycles. The molecule has 0 saturated carbocycles. The molecule has 33 heavy (non-hydrogen) atoms. The maximum Gasteiger partial charge on any atom is 0.279 e. The van der Waals surface area contributed by atoms with Gasteiger partial charge in [0.05, 0.1) is 28.6 Å². The summed E-state index contributed by atoms with van der Waals surface area (Å²) in [4.78, 5) is -0.337. The van der Waals surface area contributed by atoms with Gasteiger partial charge in [-0.1, -0.05) is 42.5 Å². The smallest absolute Gasteiger partial charge is 0.279 e. The summed E-state index contributed by atoms with van der Waals surface area (Å²) < 4.78 is 82.0. The number of anilines is 1. The number of sulfonamides is 2. The Morgan fingerprint density at radius 3 is 2.33 bits per heavy atom. The van der Waals surface area contributed by atoms with Crippen LogP contribution in [0.5, 0.6) is 0 Å². The fraction of sp³-hybridized carbons (Fsp3) is 0.136.